The molecule has 1 spiro atoms. The Morgan fingerprint density at radius 3 is 2.52 bits per heavy atom. The molecule has 0 saturated carbocycles. The number of nitrogens with zero attached hydrogens (tertiary/aromatic N) is 2. The molecule has 2 saturated heterocycles. The molecular weight excluding hydrogens is 364 g/mol. The second-order valence-electron chi connectivity index (χ2n) is 8.17. The highest BCUT2D eigenvalue weighted by molar-refractivity contribution is 5.69. The number of likely N-dealkylation sites (tertiary alicyclic amines) is 1. The highest BCUT2D eigenvalue weighted by atomic mass is 16.6. The van der Waals surface area contributed by atoms with Crippen LogP contribution in [0.3, 0.4) is 0 Å². The van der Waals surface area contributed by atoms with Crippen molar-refractivity contribution in [1.82, 2.24) is 9.80 Å². The van der Waals surface area contributed by atoms with Gasteiger partial charge in [0.25, 0.3) is 0 Å². The summed E-state index contributed by atoms with van der Waals surface area (Å²) in [5.41, 5.74) is 3.48. The van der Waals surface area contributed by atoms with Gasteiger partial charge in [-0.05, 0) is 36.5 Å². The van der Waals surface area contributed by atoms with E-state index < -0.39 is 0 Å². The zero-order chi connectivity index (χ0) is 20.1. The van der Waals surface area contributed by atoms with Crippen molar-refractivity contribution in [2.45, 2.75) is 38.5 Å². The third-order valence-electron chi connectivity index (χ3n) is 6.27. The molecule has 2 aliphatic heterocycles. The summed E-state index contributed by atoms with van der Waals surface area (Å²) < 4.78 is 11.5. The van der Waals surface area contributed by atoms with Gasteiger partial charge in [0.05, 0.1) is 18.8 Å². The first kappa shape index (κ1) is 19.9. The molecule has 1 amide bonds. The smallest absolute Gasteiger partial charge is 0.410 e. The Labute approximate surface area is 173 Å². The number of amides is 1. The fourth-order valence-corrected chi connectivity index (χ4v) is 4.39. The molecular formula is C24H30N2O3. The summed E-state index contributed by atoms with van der Waals surface area (Å²) in [6.07, 6.45) is 1.61. The average Bonchev–Trinajstić information content (AvgIpc) is 2.76. The van der Waals surface area contributed by atoms with Gasteiger partial charge >= 0.3 is 6.09 Å². The normalized spacial score (nSPS) is 19.3. The lowest BCUT2D eigenvalue weighted by molar-refractivity contribution is -0.0872. The maximum atomic E-state index is 12.9. The van der Waals surface area contributed by atoms with E-state index in [-0.39, 0.29) is 11.6 Å². The van der Waals surface area contributed by atoms with E-state index in [2.05, 4.69) is 36.1 Å². The zero-order valence-corrected chi connectivity index (χ0v) is 17.2. The quantitative estimate of drug-likeness (QED) is 0.786. The van der Waals surface area contributed by atoms with Crippen molar-refractivity contribution in [3.8, 4) is 0 Å². The summed E-state index contributed by atoms with van der Waals surface area (Å²) in [5.74, 6) is 0. The van der Waals surface area contributed by atoms with E-state index in [1.807, 2.05) is 35.2 Å². The van der Waals surface area contributed by atoms with Crippen LogP contribution in [-0.2, 0) is 22.6 Å². The van der Waals surface area contributed by atoms with Gasteiger partial charge in [-0.15, -0.1) is 0 Å². The number of rotatable bonds is 4. The Kier molecular flexibility index (Phi) is 6.16. The number of aryl methyl sites for hydroxylation is 1. The molecule has 0 aliphatic carbocycles. The summed E-state index contributed by atoms with van der Waals surface area (Å²) in [6, 6.07) is 18.4. The van der Waals surface area contributed by atoms with Crippen molar-refractivity contribution in [2.24, 2.45) is 0 Å². The maximum Gasteiger partial charge on any atom is 0.410 e. The third-order valence-corrected chi connectivity index (χ3v) is 6.27. The molecule has 0 radical (unpaired) electrons. The molecule has 2 aromatic carbocycles. The molecule has 29 heavy (non-hydrogen) atoms. The van der Waals surface area contributed by atoms with Crippen LogP contribution in [0.2, 0.25) is 0 Å². The second kappa shape index (κ2) is 8.97. The summed E-state index contributed by atoms with van der Waals surface area (Å²) in [4.78, 5) is 17.3. The molecule has 0 N–H and O–H groups in total. The first-order valence-electron chi connectivity index (χ1n) is 10.5. The van der Waals surface area contributed by atoms with Gasteiger partial charge < -0.3 is 9.47 Å². The first-order valence-corrected chi connectivity index (χ1v) is 10.5. The number of hydrogen-bond acceptors (Lipinski definition) is 4. The van der Waals surface area contributed by atoms with E-state index in [9.17, 15) is 4.79 Å². The average molecular weight is 395 g/mol. The van der Waals surface area contributed by atoms with Crippen LogP contribution in [0.25, 0.3) is 0 Å². The monoisotopic (exact) mass is 394 g/mol. The Balaban J connectivity index is 1.37. The molecule has 2 aliphatic rings. The van der Waals surface area contributed by atoms with Crippen LogP contribution >= 0.6 is 0 Å². The predicted octanol–water partition coefficient (Wildman–Crippen LogP) is 4.00. The van der Waals surface area contributed by atoms with Crippen LogP contribution in [0.15, 0.2) is 54.6 Å². The molecule has 5 nitrogen and oxygen atoms in total. The van der Waals surface area contributed by atoms with Crippen molar-refractivity contribution in [2.75, 3.05) is 32.8 Å². The molecule has 4 rings (SSSR count). The molecule has 0 aromatic heterocycles. The van der Waals surface area contributed by atoms with Gasteiger partial charge in [0.1, 0.15) is 6.61 Å². The summed E-state index contributed by atoms with van der Waals surface area (Å²) >= 11 is 0. The van der Waals surface area contributed by atoms with Gasteiger partial charge in [0, 0.05) is 26.2 Å². The van der Waals surface area contributed by atoms with Crippen molar-refractivity contribution in [3.05, 3.63) is 71.3 Å². The Bertz CT molecular complexity index is 816. The minimum absolute atomic E-state index is 0.218. The lowest BCUT2D eigenvalue weighted by Gasteiger charge is -2.50. The third kappa shape index (κ3) is 4.62. The van der Waals surface area contributed by atoms with E-state index in [1.165, 1.54) is 11.1 Å². The Morgan fingerprint density at radius 2 is 1.76 bits per heavy atom. The van der Waals surface area contributed by atoms with E-state index in [1.54, 1.807) is 0 Å². The number of hydrogen-bond donors (Lipinski definition) is 0. The van der Waals surface area contributed by atoms with Crippen molar-refractivity contribution < 1.29 is 14.3 Å². The number of carbonyl (C=O) groups is 1. The van der Waals surface area contributed by atoms with E-state index >= 15 is 0 Å². The number of piperidine rings is 1. The predicted molar refractivity (Wildman–Crippen MR) is 113 cm³/mol. The number of morpholine rings is 1. The standard InChI is InChI=1S/C24H30N2O3/c1-20-7-5-6-10-22(20)17-25-13-11-24(12-14-25)19-28-16-15-26(24)23(27)29-18-21-8-3-2-4-9-21/h2-10H,11-19H2,1H3. The molecule has 2 heterocycles. The van der Waals surface area contributed by atoms with Gasteiger partial charge in [-0.2, -0.15) is 0 Å². The summed E-state index contributed by atoms with van der Waals surface area (Å²) in [6.45, 7) is 7.14. The van der Waals surface area contributed by atoms with Gasteiger partial charge in [-0.1, -0.05) is 54.6 Å². The summed E-state index contributed by atoms with van der Waals surface area (Å²) in [7, 11) is 0. The largest absolute Gasteiger partial charge is 0.445 e. The number of carbonyl (C=O) groups excluding carboxylic acids is 1. The van der Waals surface area contributed by atoms with Crippen LogP contribution in [-0.4, -0.2) is 54.3 Å². The molecule has 5 heteroatoms. The fraction of sp³-hybridized carbons (Fsp3) is 0.458. The fourth-order valence-electron chi connectivity index (χ4n) is 4.39. The lowest BCUT2D eigenvalue weighted by Crippen LogP contribution is -2.63. The van der Waals surface area contributed by atoms with E-state index in [0.29, 0.717) is 26.4 Å². The van der Waals surface area contributed by atoms with Crippen molar-refractivity contribution >= 4 is 6.09 Å². The highest BCUT2D eigenvalue weighted by Crippen LogP contribution is 2.33. The maximum absolute atomic E-state index is 12.9. The van der Waals surface area contributed by atoms with Crippen molar-refractivity contribution in [3.63, 3.8) is 0 Å². The van der Waals surface area contributed by atoms with Gasteiger partial charge in [0.2, 0.25) is 0 Å². The lowest BCUT2D eigenvalue weighted by atomic mass is 9.85. The molecule has 2 fully saturated rings. The minimum atomic E-state index is -0.242. The van der Waals surface area contributed by atoms with Crippen LogP contribution < -0.4 is 0 Å². The van der Waals surface area contributed by atoms with Crippen molar-refractivity contribution in [1.29, 1.82) is 0 Å². The topological polar surface area (TPSA) is 42.0 Å². The van der Waals surface area contributed by atoms with E-state index in [0.717, 1.165) is 38.0 Å². The molecule has 0 unspecified atom stereocenters. The molecule has 0 bridgehead atoms. The Hall–Kier alpha value is -2.37. The number of benzene rings is 2. The molecule has 154 valence electrons. The second-order valence-corrected chi connectivity index (χ2v) is 8.17. The highest BCUT2D eigenvalue weighted by Gasteiger charge is 2.45. The zero-order valence-electron chi connectivity index (χ0n) is 17.2. The minimum Gasteiger partial charge on any atom is -0.445 e. The van der Waals surface area contributed by atoms with Crippen LogP contribution in [0.1, 0.15) is 29.5 Å². The van der Waals surface area contributed by atoms with Crippen LogP contribution in [0.5, 0.6) is 0 Å². The first-order chi connectivity index (χ1) is 14.2. The van der Waals surface area contributed by atoms with Crippen LogP contribution in [0, 0.1) is 6.92 Å². The summed E-state index contributed by atoms with van der Waals surface area (Å²) in [5, 5.41) is 0. The Morgan fingerprint density at radius 1 is 1.03 bits per heavy atom. The van der Waals surface area contributed by atoms with Gasteiger partial charge in [0.15, 0.2) is 0 Å². The number of ether oxygens (including phenoxy) is 2. The van der Waals surface area contributed by atoms with Crippen LogP contribution in [0.4, 0.5) is 4.79 Å². The SMILES string of the molecule is Cc1ccccc1CN1CCC2(CC1)COCCN2C(=O)OCc1ccccc1. The molecule has 0 atom stereocenters. The molecule has 2 aromatic rings. The van der Waals surface area contributed by atoms with Gasteiger partial charge in [-0.3, -0.25) is 9.80 Å². The van der Waals surface area contributed by atoms with Gasteiger partial charge in [-0.25, -0.2) is 4.79 Å². The van der Waals surface area contributed by atoms with E-state index in [4.69, 9.17) is 9.47 Å².